The van der Waals surface area contributed by atoms with E-state index in [4.69, 9.17) is 11.6 Å². The van der Waals surface area contributed by atoms with Crippen LogP contribution in [0.4, 0.5) is 5.82 Å². The first-order chi connectivity index (χ1) is 8.83. The Morgan fingerprint density at radius 2 is 2.06 bits per heavy atom. The van der Waals surface area contributed by atoms with Gasteiger partial charge in [0.25, 0.3) is 0 Å². The van der Waals surface area contributed by atoms with Crippen LogP contribution in [0.1, 0.15) is 6.42 Å². The second-order valence-electron chi connectivity index (χ2n) is 5.00. The van der Waals surface area contributed by atoms with E-state index in [-0.39, 0.29) is 0 Å². The zero-order valence-corrected chi connectivity index (χ0v) is 11.2. The Hall–Kier alpha value is -0.840. The molecule has 3 heterocycles. The molecule has 18 heavy (non-hydrogen) atoms. The number of pyridine rings is 1. The van der Waals surface area contributed by atoms with Gasteiger partial charge in [-0.2, -0.15) is 0 Å². The maximum atomic E-state index is 5.86. The standard InChI is InChI=1S/C13H19ClN4/c14-11-1-2-13(16-9-11)18-7-5-17(6-8-18)12-3-4-15-10-12/h1-2,9,12,15H,3-8,10H2. The van der Waals surface area contributed by atoms with Gasteiger partial charge in [-0.05, 0) is 25.1 Å². The number of nitrogens with zero attached hydrogens (tertiary/aromatic N) is 3. The van der Waals surface area contributed by atoms with Gasteiger partial charge in [-0.15, -0.1) is 0 Å². The lowest BCUT2D eigenvalue weighted by Crippen LogP contribution is -2.51. The number of aromatic nitrogens is 1. The molecule has 3 rings (SSSR count). The van der Waals surface area contributed by atoms with Crippen LogP contribution in [0.15, 0.2) is 18.3 Å². The third kappa shape index (κ3) is 2.60. The van der Waals surface area contributed by atoms with Gasteiger partial charge >= 0.3 is 0 Å². The van der Waals surface area contributed by atoms with Crippen molar-refractivity contribution in [2.24, 2.45) is 0 Å². The number of piperazine rings is 1. The third-order valence-electron chi connectivity index (χ3n) is 3.90. The monoisotopic (exact) mass is 266 g/mol. The van der Waals surface area contributed by atoms with Crippen molar-refractivity contribution in [3.63, 3.8) is 0 Å². The smallest absolute Gasteiger partial charge is 0.128 e. The number of halogens is 1. The van der Waals surface area contributed by atoms with Gasteiger partial charge in [0.2, 0.25) is 0 Å². The Balaban J connectivity index is 1.57. The Morgan fingerprint density at radius 1 is 1.22 bits per heavy atom. The second kappa shape index (κ2) is 5.43. The predicted octanol–water partition coefficient (Wildman–Crippen LogP) is 1.22. The molecule has 1 atom stereocenters. The molecule has 98 valence electrons. The Kier molecular flexibility index (Phi) is 3.68. The molecule has 0 spiro atoms. The minimum atomic E-state index is 0.703. The highest BCUT2D eigenvalue weighted by molar-refractivity contribution is 6.30. The molecule has 2 saturated heterocycles. The van der Waals surface area contributed by atoms with Gasteiger partial charge in [-0.1, -0.05) is 11.6 Å². The minimum absolute atomic E-state index is 0.703. The van der Waals surface area contributed by atoms with Crippen molar-refractivity contribution >= 4 is 17.4 Å². The van der Waals surface area contributed by atoms with Crippen LogP contribution in [-0.4, -0.2) is 55.2 Å². The van der Waals surface area contributed by atoms with Crippen LogP contribution in [0.5, 0.6) is 0 Å². The number of hydrogen-bond acceptors (Lipinski definition) is 4. The highest BCUT2D eigenvalue weighted by Gasteiger charge is 2.26. The van der Waals surface area contributed by atoms with Crippen LogP contribution in [0.2, 0.25) is 5.02 Å². The molecule has 0 aliphatic carbocycles. The van der Waals surface area contributed by atoms with E-state index >= 15 is 0 Å². The van der Waals surface area contributed by atoms with Gasteiger partial charge in [0, 0.05) is 45.0 Å². The van der Waals surface area contributed by atoms with E-state index in [9.17, 15) is 0 Å². The molecule has 5 heteroatoms. The van der Waals surface area contributed by atoms with E-state index < -0.39 is 0 Å². The van der Waals surface area contributed by atoms with E-state index in [1.54, 1.807) is 6.20 Å². The molecule has 0 saturated carbocycles. The van der Waals surface area contributed by atoms with Gasteiger partial charge in [0.15, 0.2) is 0 Å². The van der Waals surface area contributed by atoms with Gasteiger partial charge < -0.3 is 10.2 Å². The molecule has 4 nitrogen and oxygen atoms in total. The van der Waals surface area contributed by atoms with Crippen LogP contribution >= 0.6 is 11.6 Å². The zero-order valence-electron chi connectivity index (χ0n) is 10.5. The summed E-state index contributed by atoms with van der Waals surface area (Å²) in [5, 5.41) is 4.14. The molecule has 1 aromatic heterocycles. The molecule has 1 unspecified atom stereocenters. The average molecular weight is 267 g/mol. The van der Waals surface area contributed by atoms with Gasteiger partial charge in [0.05, 0.1) is 5.02 Å². The number of nitrogens with one attached hydrogen (secondary N) is 1. The molecule has 2 aliphatic rings. The maximum Gasteiger partial charge on any atom is 0.128 e. The highest BCUT2D eigenvalue weighted by atomic mass is 35.5. The summed E-state index contributed by atoms with van der Waals surface area (Å²) in [4.78, 5) is 9.33. The largest absolute Gasteiger partial charge is 0.354 e. The average Bonchev–Trinajstić information content (AvgIpc) is 2.94. The molecule has 0 aromatic carbocycles. The van der Waals surface area contributed by atoms with Crippen molar-refractivity contribution in [2.45, 2.75) is 12.5 Å². The van der Waals surface area contributed by atoms with Crippen LogP contribution in [-0.2, 0) is 0 Å². The zero-order chi connectivity index (χ0) is 12.4. The van der Waals surface area contributed by atoms with E-state index in [0.29, 0.717) is 5.02 Å². The minimum Gasteiger partial charge on any atom is -0.354 e. The fourth-order valence-electron chi connectivity index (χ4n) is 2.82. The van der Waals surface area contributed by atoms with Gasteiger partial charge in [0.1, 0.15) is 5.82 Å². The molecular weight excluding hydrogens is 248 g/mol. The summed E-state index contributed by atoms with van der Waals surface area (Å²) in [6.45, 7) is 6.71. The summed E-state index contributed by atoms with van der Waals surface area (Å²) >= 11 is 5.86. The lowest BCUT2D eigenvalue weighted by molar-refractivity contribution is 0.196. The Bertz CT molecular complexity index is 380. The fraction of sp³-hybridized carbons (Fsp3) is 0.615. The van der Waals surface area contributed by atoms with Crippen molar-refractivity contribution in [3.8, 4) is 0 Å². The van der Waals surface area contributed by atoms with Gasteiger partial charge in [-0.25, -0.2) is 4.98 Å². The van der Waals surface area contributed by atoms with Crippen molar-refractivity contribution in [3.05, 3.63) is 23.4 Å². The molecule has 2 fully saturated rings. The number of rotatable bonds is 2. The van der Waals surface area contributed by atoms with Crippen molar-refractivity contribution in [1.29, 1.82) is 0 Å². The summed E-state index contributed by atoms with van der Waals surface area (Å²) in [6, 6.07) is 4.66. The molecule has 0 bridgehead atoms. The first kappa shape index (κ1) is 12.2. The van der Waals surface area contributed by atoms with E-state index in [2.05, 4.69) is 20.1 Å². The van der Waals surface area contributed by atoms with Crippen molar-refractivity contribution in [2.75, 3.05) is 44.2 Å². The van der Waals surface area contributed by atoms with Gasteiger partial charge in [-0.3, -0.25) is 4.90 Å². The van der Waals surface area contributed by atoms with Crippen molar-refractivity contribution < 1.29 is 0 Å². The molecule has 2 aliphatic heterocycles. The van der Waals surface area contributed by atoms with Crippen LogP contribution in [0, 0.1) is 0 Å². The molecule has 0 amide bonds. The molecular formula is C13H19ClN4. The fourth-order valence-corrected chi connectivity index (χ4v) is 2.93. The third-order valence-corrected chi connectivity index (χ3v) is 4.12. The quantitative estimate of drug-likeness (QED) is 0.872. The first-order valence-electron chi connectivity index (χ1n) is 6.64. The van der Waals surface area contributed by atoms with E-state index in [0.717, 1.165) is 44.6 Å². The van der Waals surface area contributed by atoms with E-state index in [1.165, 1.54) is 13.0 Å². The SMILES string of the molecule is Clc1ccc(N2CCN(C3CCNC3)CC2)nc1. The molecule has 1 aromatic rings. The van der Waals surface area contributed by atoms with E-state index in [1.807, 2.05) is 12.1 Å². The summed E-state index contributed by atoms with van der Waals surface area (Å²) in [7, 11) is 0. The van der Waals surface area contributed by atoms with Crippen molar-refractivity contribution in [1.82, 2.24) is 15.2 Å². The van der Waals surface area contributed by atoms with Crippen LogP contribution in [0.25, 0.3) is 0 Å². The number of anilines is 1. The van der Waals surface area contributed by atoms with Crippen LogP contribution < -0.4 is 10.2 Å². The Morgan fingerprint density at radius 3 is 2.67 bits per heavy atom. The lowest BCUT2D eigenvalue weighted by atomic mass is 10.2. The maximum absolute atomic E-state index is 5.86. The summed E-state index contributed by atoms with van der Waals surface area (Å²) in [6.07, 6.45) is 3.02. The lowest BCUT2D eigenvalue weighted by Gasteiger charge is -2.38. The summed E-state index contributed by atoms with van der Waals surface area (Å²) in [5.41, 5.74) is 0. The molecule has 1 N–H and O–H groups in total. The molecule has 0 radical (unpaired) electrons. The van der Waals surface area contributed by atoms with Crippen LogP contribution in [0.3, 0.4) is 0 Å². The first-order valence-corrected chi connectivity index (χ1v) is 7.02. The second-order valence-corrected chi connectivity index (χ2v) is 5.44. The Labute approximate surface area is 113 Å². The predicted molar refractivity (Wildman–Crippen MR) is 74.3 cm³/mol. The highest BCUT2D eigenvalue weighted by Crippen LogP contribution is 2.18. The normalized spacial score (nSPS) is 25.6. The topological polar surface area (TPSA) is 31.4 Å². The summed E-state index contributed by atoms with van der Waals surface area (Å²) in [5.74, 6) is 1.04. The number of hydrogen-bond donors (Lipinski definition) is 1. The summed E-state index contributed by atoms with van der Waals surface area (Å²) < 4.78 is 0.